The van der Waals surface area contributed by atoms with Crippen LogP contribution in [0.1, 0.15) is 13.8 Å². The molecule has 5 nitrogen and oxygen atoms in total. The summed E-state index contributed by atoms with van der Waals surface area (Å²) in [5.74, 6) is 0.114. The van der Waals surface area contributed by atoms with E-state index in [-0.39, 0.29) is 17.9 Å². The molecule has 0 spiro atoms. The molecule has 1 aromatic rings. The fourth-order valence-electron chi connectivity index (χ4n) is 2.19. The third-order valence-electron chi connectivity index (χ3n) is 3.35. The smallest absolute Gasteiger partial charge is 0.178 e. The third kappa shape index (κ3) is 3.50. The standard InChI is InChI=1S/C14H21NO4S/c1-3-19-14-10-18-9-13(14)15-11-5-7-12(8-6-11)20(16,17)4-2/h5-8,13-15H,3-4,9-10H2,1-2H3/t13-,14-/m1/s1. The van der Waals surface area contributed by atoms with Crippen molar-refractivity contribution in [2.24, 2.45) is 0 Å². The van der Waals surface area contributed by atoms with Crippen molar-refractivity contribution in [3.05, 3.63) is 24.3 Å². The zero-order valence-corrected chi connectivity index (χ0v) is 12.7. The zero-order chi connectivity index (χ0) is 14.6. The first-order valence-electron chi connectivity index (χ1n) is 6.85. The zero-order valence-electron chi connectivity index (χ0n) is 11.8. The van der Waals surface area contributed by atoms with Gasteiger partial charge < -0.3 is 14.8 Å². The molecule has 0 saturated carbocycles. The number of anilines is 1. The molecule has 2 rings (SSSR count). The summed E-state index contributed by atoms with van der Waals surface area (Å²) in [7, 11) is -3.14. The molecule has 0 amide bonds. The van der Waals surface area contributed by atoms with Gasteiger partial charge >= 0.3 is 0 Å². The van der Waals surface area contributed by atoms with Crippen LogP contribution in [0.5, 0.6) is 0 Å². The summed E-state index contributed by atoms with van der Waals surface area (Å²) in [5, 5.41) is 3.33. The highest BCUT2D eigenvalue weighted by Gasteiger charge is 2.28. The van der Waals surface area contributed by atoms with Crippen LogP contribution in [0.15, 0.2) is 29.2 Å². The highest BCUT2D eigenvalue weighted by atomic mass is 32.2. The second-order valence-electron chi connectivity index (χ2n) is 4.71. The molecule has 0 aliphatic carbocycles. The second kappa shape index (κ2) is 6.56. The summed E-state index contributed by atoms with van der Waals surface area (Å²) in [6.45, 7) is 5.44. The monoisotopic (exact) mass is 299 g/mol. The van der Waals surface area contributed by atoms with Crippen LogP contribution in [0.25, 0.3) is 0 Å². The molecule has 1 aliphatic heterocycles. The Hall–Kier alpha value is -1.11. The van der Waals surface area contributed by atoms with Crippen LogP contribution in [0.2, 0.25) is 0 Å². The van der Waals surface area contributed by atoms with Crippen LogP contribution < -0.4 is 5.32 Å². The lowest BCUT2D eigenvalue weighted by Gasteiger charge is -2.20. The van der Waals surface area contributed by atoms with Gasteiger partial charge in [0, 0.05) is 12.3 Å². The molecule has 6 heteroatoms. The molecule has 1 aliphatic rings. The predicted molar refractivity (Wildman–Crippen MR) is 77.8 cm³/mol. The molecule has 112 valence electrons. The van der Waals surface area contributed by atoms with Gasteiger partial charge in [-0.1, -0.05) is 6.92 Å². The first-order valence-corrected chi connectivity index (χ1v) is 8.50. The number of rotatable bonds is 6. The van der Waals surface area contributed by atoms with Gasteiger partial charge in [0.05, 0.1) is 29.9 Å². The van der Waals surface area contributed by atoms with Gasteiger partial charge in [-0.25, -0.2) is 8.42 Å². The fraction of sp³-hybridized carbons (Fsp3) is 0.571. The molecule has 0 aromatic heterocycles. The van der Waals surface area contributed by atoms with Gasteiger partial charge in [0.15, 0.2) is 9.84 Å². The van der Waals surface area contributed by atoms with Crippen molar-refractivity contribution < 1.29 is 17.9 Å². The van der Waals surface area contributed by atoms with E-state index in [1.165, 1.54) is 0 Å². The lowest BCUT2D eigenvalue weighted by molar-refractivity contribution is 0.0478. The van der Waals surface area contributed by atoms with Crippen LogP contribution >= 0.6 is 0 Å². The first-order chi connectivity index (χ1) is 9.56. The van der Waals surface area contributed by atoms with Crippen molar-refractivity contribution in [1.29, 1.82) is 0 Å². The quantitative estimate of drug-likeness (QED) is 0.866. The third-order valence-corrected chi connectivity index (χ3v) is 5.11. The molecule has 0 unspecified atom stereocenters. The number of hydrogen-bond donors (Lipinski definition) is 1. The Kier molecular flexibility index (Phi) is 5.01. The van der Waals surface area contributed by atoms with E-state index in [0.29, 0.717) is 24.7 Å². The number of benzene rings is 1. The molecule has 1 aromatic carbocycles. The summed E-state index contributed by atoms with van der Waals surface area (Å²) < 4.78 is 34.5. The largest absolute Gasteiger partial charge is 0.377 e. The van der Waals surface area contributed by atoms with Crippen molar-refractivity contribution >= 4 is 15.5 Å². The summed E-state index contributed by atoms with van der Waals surface area (Å²) in [6.07, 6.45) is 0.0408. The summed E-state index contributed by atoms with van der Waals surface area (Å²) in [6, 6.07) is 6.93. The molecule has 1 saturated heterocycles. The Morgan fingerprint density at radius 1 is 1.25 bits per heavy atom. The topological polar surface area (TPSA) is 64.6 Å². The van der Waals surface area contributed by atoms with Gasteiger partial charge in [-0.2, -0.15) is 0 Å². The highest BCUT2D eigenvalue weighted by Crippen LogP contribution is 2.19. The number of nitrogens with one attached hydrogen (secondary N) is 1. The maximum Gasteiger partial charge on any atom is 0.178 e. The Labute approximate surface area is 120 Å². The Morgan fingerprint density at radius 2 is 1.95 bits per heavy atom. The normalized spacial score (nSPS) is 22.9. The predicted octanol–water partition coefficient (Wildman–Crippen LogP) is 1.70. The molecule has 1 fully saturated rings. The van der Waals surface area contributed by atoms with Crippen molar-refractivity contribution in [3.63, 3.8) is 0 Å². The van der Waals surface area contributed by atoms with Crippen LogP contribution in [-0.2, 0) is 19.3 Å². The Morgan fingerprint density at radius 3 is 2.55 bits per heavy atom. The van der Waals surface area contributed by atoms with Crippen LogP contribution in [0, 0.1) is 0 Å². The van der Waals surface area contributed by atoms with Crippen LogP contribution in [0.4, 0.5) is 5.69 Å². The van der Waals surface area contributed by atoms with E-state index in [2.05, 4.69) is 5.32 Å². The average molecular weight is 299 g/mol. The summed E-state index contributed by atoms with van der Waals surface area (Å²) in [5.41, 5.74) is 0.875. The number of hydrogen-bond acceptors (Lipinski definition) is 5. The van der Waals surface area contributed by atoms with E-state index in [9.17, 15) is 8.42 Å². The molecular formula is C14H21NO4S. The fourth-order valence-corrected chi connectivity index (χ4v) is 3.07. The van der Waals surface area contributed by atoms with E-state index >= 15 is 0 Å². The van der Waals surface area contributed by atoms with Crippen molar-refractivity contribution in [1.82, 2.24) is 0 Å². The minimum Gasteiger partial charge on any atom is -0.377 e. The van der Waals surface area contributed by atoms with Crippen molar-refractivity contribution in [3.8, 4) is 0 Å². The van der Waals surface area contributed by atoms with Gasteiger partial charge in [-0.3, -0.25) is 0 Å². The molecule has 1 heterocycles. The molecule has 20 heavy (non-hydrogen) atoms. The van der Waals surface area contributed by atoms with E-state index in [1.807, 2.05) is 6.92 Å². The molecule has 1 N–H and O–H groups in total. The van der Waals surface area contributed by atoms with Crippen LogP contribution in [-0.4, -0.2) is 46.1 Å². The molecule has 0 bridgehead atoms. The summed E-state index contributed by atoms with van der Waals surface area (Å²) in [4.78, 5) is 0.356. The number of sulfone groups is 1. The van der Waals surface area contributed by atoms with E-state index in [4.69, 9.17) is 9.47 Å². The molecule has 2 atom stereocenters. The van der Waals surface area contributed by atoms with E-state index in [0.717, 1.165) is 5.69 Å². The maximum absolute atomic E-state index is 11.7. The van der Waals surface area contributed by atoms with E-state index in [1.54, 1.807) is 31.2 Å². The lowest BCUT2D eigenvalue weighted by atomic mass is 10.2. The molecule has 0 radical (unpaired) electrons. The minimum atomic E-state index is -3.14. The van der Waals surface area contributed by atoms with Gasteiger partial charge in [-0.15, -0.1) is 0 Å². The Balaban J connectivity index is 2.04. The average Bonchev–Trinajstić information content (AvgIpc) is 2.87. The SMILES string of the molecule is CCO[C@@H]1COC[C@H]1Nc1ccc(S(=O)(=O)CC)cc1. The molecular weight excluding hydrogens is 278 g/mol. The van der Waals surface area contributed by atoms with Gasteiger partial charge in [0.1, 0.15) is 6.10 Å². The Bertz CT molecular complexity index is 527. The summed E-state index contributed by atoms with van der Waals surface area (Å²) >= 11 is 0. The van der Waals surface area contributed by atoms with E-state index < -0.39 is 9.84 Å². The maximum atomic E-state index is 11.7. The first kappa shape index (κ1) is 15.3. The number of ether oxygens (including phenoxy) is 2. The van der Waals surface area contributed by atoms with Gasteiger partial charge in [-0.05, 0) is 31.2 Å². The minimum absolute atomic E-state index is 0.0408. The highest BCUT2D eigenvalue weighted by molar-refractivity contribution is 7.91. The second-order valence-corrected chi connectivity index (χ2v) is 6.99. The van der Waals surface area contributed by atoms with Crippen molar-refractivity contribution in [2.75, 3.05) is 30.9 Å². The van der Waals surface area contributed by atoms with Gasteiger partial charge in [0.2, 0.25) is 0 Å². The lowest BCUT2D eigenvalue weighted by Crippen LogP contribution is -2.34. The van der Waals surface area contributed by atoms with Gasteiger partial charge in [0.25, 0.3) is 0 Å². The van der Waals surface area contributed by atoms with Crippen LogP contribution in [0.3, 0.4) is 0 Å². The van der Waals surface area contributed by atoms with Crippen molar-refractivity contribution in [2.45, 2.75) is 30.9 Å².